The summed E-state index contributed by atoms with van der Waals surface area (Å²) in [7, 11) is 0. The maximum Gasteiger partial charge on any atom is -0.0324 e. The Morgan fingerprint density at radius 3 is 2.00 bits per heavy atom. The van der Waals surface area contributed by atoms with E-state index in [9.17, 15) is 0 Å². The molecule has 0 aromatic carbocycles. The fraction of sp³-hybridized carbons (Fsp3) is 1.00. The lowest BCUT2D eigenvalue weighted by Gasteiger charge is -2.59. The van der Waals surface area contributed by atoms with Crippen molar-refractivity contribution in [1.82, 2.24) is 0 Å². The Hall–Kier alpha value is 0. The van der Waals surface area contributed by atoms with Gasteiger partial charge in [-0.25, -0.2) is 0 Å². The van der Waals surface area contributed by atoms with E-state index in [4.69, 9.17) is 0 Å². The molecule has 4 aliphatic carbocycles. The van der Waals surface area contributed by atoms with Crippen LogP contribution in [-0.2, 0) is 0 Å². The molecule has 0 heteroatoms. The zero-order valence-electron chi connectivity index (χ0n) is 14.7. The van der Waals surface area contributed by atoms with Crippen molar-refractivity contribution in [2.24, 2.45) is 59.2 Å². The summed E-state index contributed by atoms with van der Waals surface area (Å²) in [4.78, 5) is 0. The van der Waals surface area contributed by atoms with Gasteiger partial charge in [0.15, 0.2) is 0 Å². The van der Waals surface area contributed by atoms with E-state index in [0.29, 0.717) is 0 Å². The zero-order valence-corrected chi connectivity index (χ0v) is 14.7. The molecule has 0 radical (unpaired) electrons. The quantitative estimate of drug-likeness (QED) is 0.512. The van der Waals surface area contributed by atoms with Gasteiger partial charge in [-0.15, -0.1) is 0 Å². The molecule has 4 fully saturated rings. The molecule has 0 bridgehead atoms. The Balaban J connectivity index is 1.65. The molecule has 4 aliphatic rings. The van der Waals surface area contributed by atoms with Gasteiger partial charge >= 0.3 is 0 Å². The van der Waals surface area contributed by atoms with Gasteiger partial charge in [-0.1, -0.05) is 47.0 Å². The van der Waals surface area contributed by atoms with E-state index < -0.39 is 0 Å². The van der Waals surface area contributed by atoms with E-state index in [1.165, 1.54) is 6.42 Å². The highest BCUT2D eigenvalue weighted by atomic mass is 14.6. The second-order valence-electron chi connectivity index (χ2n) is 9.55. The first-order valence-electron chi connectivity index (χ1n) is 10.1. The van der Waals surface area contributed by atoms with E-state index in [1.807, 2.05) is 0 Å². The third-order valence-corrected chi connectivity index (χ3v) is 9.13. The highest BCUT2D eigenvalue weighted by Gasteiger charge is 2.55. The minimum Gasteiger partial charge on any atom is -0.0622 e. The molecular formula is C21H36. The summed E-state index contributed by atoms with van der Waals surface area (Å²) >= 11 is 0. The lowest BCUT2D eigenvalue weighted by molar-refractivity contribution is -0.111. The predicted octanol–water partition coefficient (Wildman–Crippen LogP) is 6.01. The van der Waals surface area contributed by atoms with Crippen molar-refractivity contribution in [3.63, 3.8) is 0 Å². The minimum atomic E-state index is 0.972. The molecule has 0 aromatic rings. The molecule has 0 amide bonds. The third kappa shape index (κ3) is 2.07. The molecule has 21 heavy (non-hydrogen) atoms. The molecule has 8 unspecified atom stereocenters. The molecule has 0 N–H and O–H groups in total. The molecule has 120 valence electrons. The van der Waals surface area contributed by atoms with Crippen LogP contribution >= 0.6 is 0 Å². The lowest BCUT2D eigenvalue weighted by atomic mass is 9.46. The van der Waals surface area contributed by atoms with Crippen LogP contribution in [0.3, 0.4) is 0 Å². The molecule has 0 heterocycles. The molecule has 0 aromatic heterocycles. The maximum atomic E-state index is 2.64. The van der Waals surface area contributed by atoms with Crippen molar-refractivity contribution in [1.29, 1.82) is 0 Å². The Morgan fingerprint density at radius 1 is 0.524 bits per heavy atom. The second kappa shape index (κ2) is 5.27. The summed E-state index contributed by atoms with van der Waals surface area (Å²) in [5.41, 5.74) is 0. The highest BCUT2D eigenvalue weighted by molar-refractivity contribution is 5.04. The van der Waals surface area contributed by atoms with Gasteiger partial charge in [-0.2, -0.15) is 0 Å². The Labute approximate surface area is 132 Å². The summed E-state index contributed by atoms with van der Waals surface area (Å²) < 4.78 is 0. The smallest absolute Gasteiger partial charge is 0.0324 e. The molecule has 0 aliphatic heterocycles. The fourth-order valence-electron chi connectivity index (χ4n) is 7.88. The zero-order chi connectivity index (χ0) is 14.7. The van der Waals surface area contributed by atoms with E-state index in [2.05, 4.69) is 27.7 Å². The number of fused-ring (bicyclic) bond motifs is 5. The topological polar surface area (TPSA) is 0 Å². The van der Waals surface area contributed by atoms with Crippen LogP contribution in [0, 0.1) is 59.2 Å². The Bertz CT molecular complexity index is 385. The average Bonchev–Trinajstić information content (AvgIpc) is 2.95. The van der Waals surface area contributed by atoms with Crippen LogP contribution in [0.2, 0.25) is 0 Å². The highest BCUT2D eigenvalue weighted by Crippen LogP contribution is 2.62. The molecule has 0 nitrogen and oxygen atoms in total. The third-order valence-electron chi connectivity index (χ3n) is 9.13. The Kier molecular flexibility index (Phi) is 3.66. The van der Waals surface area contributed by atoms with Gasteiger partial charge in [0.2, 0.25) is 0 Å². The summed E-state index contributed by atoms with van der Waals surface area (Å²) in [6, 6.07) is 0. The van der Waals surface area contributed by atoms with Gasteiger partial charge < -0.3 is 0 Å². The van der Waals surface area contributed by atoms with E-state index in [1.54, 1.807) is 38.5 Å². The van der Waals surface area contributed by atoms with Gasteiger partial charge in [-0.3, -0.25) is 0 Å². The Morgan fingerprint density at radius 2 is 1.19 bits per heavy atom. The van der Waals surface area contributed by atoms with Gasteiger partial charge in [0.25, 0.3) is 0 Å². The largest absolute Gasteiger partial charge is 0.0622 e. The van der Waals surface area contributed by atoms with Crippen LogP contribution in [0.5, 0.6) is 0 Å². The monoisotopic (exact) mass is 288 g/mol. The number of rotatable bonds is 0. The predicted molar refractivity (Wildman–Crippen MR) is 89.9 cm³/mol. The van der Waals surface area contributed by atoms with Crippen molar-refractivity contribution in [3.8, 4) is 0 Å². The number of hydrogen-bond donors (Lipinski definition) is 0. The summed E-state index contributed by atoms with van der Waals surface area (Å²) in [6.45, 7) is 10.4. The van der Waals surface area contributed by atoms with Crippen LogP contribution < -0.4 is 0 Å². The van der Waals surface area contributed by atoms with Gasteiger partial charge in [0, 0.05) is 0 Å². The van der Waals surface area contributed by atoms with Crippen LogP contribution in [0.1, 0.15) is 72.6 Å². The average molecular weight is 289 g/mol. The SMILES string of the molecule is CC1CCC2C3CCC4CCCC4C3[C@@H](C)[C@H](C)C2C1C. The summed E-state index contributed by atoms with van der Waals surface area (Å²) in [5, 5.41) is 0. The van der Waals surface area contributed by atoms with E-state index in [0.717, 1.165) is 59.2 Å². The van der Waals surface area contributed by atoms with Crippen molar-refractivity contribution in [2.75, 3.05) is 0 Å². The van der Waals surface area contributed by atoms with Crippen LogP contribution in [0.4, 0.5) is 0 Å². The summed E-state index contributed by atoms with van der Waals surface area (Å²) in [6.07, 6.45) is 10.9. The standard InChI is InChI=1S/C21H36/c1-12-8-10-18-19-11-9-16-6-5-7-17(16)21(19)15(4)14(3)20(18)13(12)2/h12-21H,5-11H2,1-4H3/t12?,13?,14-,15-,16?,17?,18?,19?,20?,21?/m0/s1. The first-order valence-corrected chi connectivity index (χ1v) is 10.1. The van der Waals surface area contributed by atoms with Gasteiger partial charge in [-0.05, 0) is 84.9 Å². The molecule has 0 spiro atoms. The van der Waals surface area contributed by atoms with Crippen molar-refractivity contribution in [3.05, 3.63) is 0 Å². The first-order chi connectivity index (χ1) is 10.1. The molecular weight excluding hydrogens is 252 g/mol. The van der Waals surface area contributed by atoms with Crippen LogP contribution in [-0.4, -0.2) is 0 Å². The van der Waals surface area contributed by atoms with Crippen LogP contribution in [0.25, 0.3) is 0 Å². The lowest BCUT2D eigenvalue weighted by Crippen LogP contribution is -2.53. The van der Waals surface area contributed by atoms with Gasteiger partial charge in [0.05, 0.1) is 0 Å². The second-order valence-corrected chi connectivity index (χ2v) is 9.55. The normalized spacial score (nSPS) is 60.0. The van der Waals surface area contributed by atoms with Gasteiger partial charge in [0.1, 0.15) is 0 Å². The van der Waals surface area contributed by atoms with E-state index in [-0.39, 0.29) is 0 Å². The first kappa shape index (κ1) is 14.6. The van der Waals surface area contributed by atoms with Crippen molar-refractivity contribution in [2.45, 2.75) is 72.6 Å². The van der Waals surface area contributed by atoms with Crippen molar-refractivity contribution >= 4 is 0 Å². The fourth-order valence-corrected chi connectivity index (χ4v) is 7.88. The maximum absolute atomic E-state index is 2.64. The molecule has 4 saturated carbocycles. The minimum absolute atomic E-state index is 0.972. The molecule has 0 saturated heterocycles. The molecule has 10 atom stereocenters. The summed E-state index contributed by atoms with van der Waals surface area (Å²) in [5.74, 6) is 10.5. The number of hydrogen-bond acceptors (Lipinski definition) is 0. The molecule has 4 rings (SSSR count). The van der Waals surface area contributed by atoms with Crippen molar-refractivity contribution < 1.29 is 0 Å². The van der Waals surface area contributed by atoms with Crippen LogP contribution in [0.15, 0.2) is 0 Å². The van der Waals surface area contributed by atoms with E-state index >= 15 is 0 Å².